The molecule has 0 aliphatic rings. The third kappa shape index (κ3) is 3.77. The number of benzene rings is 1. The number of hydrogen-bond donors (Lipinski definition) is 2. The van der Waals surface area contributed by atoms with Crippen LogP contribution in [-0.4, -0.2) is 29.4 Å². The van der Waals surface area contributed by atoms with Crippen molar-refractivity contribution in [2.45, 2.75) is 5.75 Å². The fraction of sp³-hybridized carbons (Fsp3) is 0.0909. The Morgan fingerprint density at radius 1 is 1.36 bits per heavy atom. The van der Waals surface area contributed by atoms with Crippen molar-refractivity contribution in [1.82, 2.24) is 4.98 Å². The third-order valence-corrected chi connectivity index (χ3v) is 4.62. The number of nitro benzene ring substituents is 1. The van der Waals surface area contributed by atoms with E-state index in [4.69, 9.17) is 5.11 Å². The lowest BCUT2D eigenvalue weighted by atomic mass is 10.2. The second-order valence-corrected chi connectivity index (χ2v) is 6.70. The molecular weight excluding hydrogens is 334 g/mol. The number of anilines is 1. The number of hydrogen-bond acceptors (Lipinski definition) is 7. The van der Waals surface area contributed by atoms with Crippen LogP contribution in [0.2, 0.25) is 0 Å². The van der Waals surface area contributed by atoms with Gasteiger partial charge in [0.15, 0.2) is 5.69 Å². The molecule has 0 spiro atoms. The van der Waals surface area contributed by atoms with Gasteiger partial charge in [0, 0.05) is 12.1 Å². The first-order chi connectivity index (χ1) is 10.3. The largest absolute Gasteiger partial charge is 0.476 e. The summed E-state index contributed by atoms with van der Waals surface area (Å²) in [5, 5.41) is 19.3. The number of rotatable bonds is 6. The molecule has 1 heterocycles. The van der Waals surface area contributed by atoms with Crippen molar-refractivity contribution in [3.8, 4) is 0 Å². The van der Waals surface area contributed by atoms with Crippen LogP contribution in [0.1, 0.15) is 16.1 Å². The van der Waals surface area contributed by atoms with Crippen LogP contribution in [0.5, 0.6) is 0 Å². The third-order valence-electron chi connectivity index (χ3n) is 2.52. The Morgan fingerprint density at radius 3 is 2.55 bits per heavy atom. The van der Waals surface area contributed by atoms with Gasteiger partial charge in [-0.3, -0.25) is 14.8 Å². The molecule has 0 saturated heterocycles. The van der Waals surface area contributed by atoms with Crippen LogP contribution in [0.4, 0.5) is 10.7 Å². The van der Waals surface area contributed by atoms with E-state index in [-0.39, 0.29) is 16.4 Å². The molecular formula is C11H9N3O6S2. The summed E-state index contributed by atoms with van der Waals surface area (Å²) < 4.78 is 26.2. The van der Waals surface area contributed by atoms with E-state index >= 15 is 0 Å². The number of nitrogens with zero attached hydrogens (tertiary/aromatic N) is 2. The molecule has 2 N–H and O–H groups in total. The lowest BCUT2D eigenvalue weighted by Crippen LogP contribution is -2.16. The first kappa shape index (κ1) is 15.9. The van der Waals surface area contributed by atoms with E-state index in [9.17, 15) is 23.3 Å². The van der Waals surface area contributed by atoms with E-state index < -0.39 is 26.7 Å². The lowest BCUT2D eigenvalue weighted by Gasteiger charge is -2.06. The zero-order valence-corrected chi connectivity index (χ0v) is 12.4. The number of nitrogens with one attached hydrogen (secondary N) is 1. The summed E-state index contributed by atoms with van der Waals surface area (Å²) in [5.41, 5.74) is 1.02. The SMILES string of the molecule is O=C(O)c1ncsc1NS(=O)(=O)Cc1ccc([N+](=O)[O-])cc1. The summed E-state index contributed by atoms with van der Waals surface area (Å²) in [6.07, 6.45) is 0. The lowest BCUT2D eigenvalue weighted by molar-refractivity contribution is -0.384. The molecule has 1 aromatic heterocycles. The summed E-state index contributed by atoms with van der Waals surface area (Å²) in [5.74, 6) is -1.78. The van der Waals surface area contributed by atoms with Gasteiger partial charge in [-0.15, -0.1) is 11.3 Å². The van der Waals surface area contributed by atoms with Gasteiger partial charge in [-0.25, -0.2) is 18.2 Å². The molecule has 1 aromatic carbocycles. The van der Waals surface area contributed by atoms with Crippen LogP contribution in [0.3, 0.4) is 0 Å². The maximum Gasteiger partial charge on any atom is 0.357 e. The van der Waals surface area contributed by atoms with Gasteiger partial charge in [-0.05, 0) is 5.56 Å². The Morgan fingerprint density at radius 2 is 2.00 bits per heavy atom. The van der Waals surface area contributed by atoms with Crippen molar-refractivity contribution in [3.63, 3.8) is 0 Å². The number of carbonyl (C=O) groups is 1. The zero-order chi connectivity index (χ0) is 16.3. The summed E-state index contributed by atoms with van der Waals surface area (Å²) >= 11 is 0.850. The van der Waals surface area contributed by atoms with E-state index in [1.165, 1.54) is 29.8 Å². The average molecular weight is 343 g/mol. The molecule has 22 heavy (non-hydrogen) atoms. The summed E-state index contributed by atoms with van der Waals surface area (Å²) in [6, 6.07) is 5.03. The number of aromatic nitrogens is 1. The Bertz CT molecular complexity index is 813. The minimum atomic E-state index is -3.86. The van der Waals surface area contributed by atoms with Crippen LogP contribution < -0.4 is 4.72 Å². The van der Waals surface area contributed by atoms with Crippen LogP contribution in [0, 0.1) is 10.1 Å². The molecule has 2 rings (SSSR count). The number of aromatic carboxylic acids is 1. The molecule has 0 atom stereocenters. The number of non-ortho nitro benzene ring substituents is 1. The standard InChI is InChI=1S/C11H9N3O6S2/c15-11(16)9-10(21-6-12-9)13-22(19,20)5-7-1-3-8(4-2-7)14(17)18/h1-4,6,13H,5H2,(H,15,16). The van der Waals surface area contributed by atoms with E-state index in [1.807, 2.05) is 0 Å². The van der Waals surface area contributed by atoms with Crippen LogP contribution >= 0.6 is 11.3 Å². The number of nitro groups is 1. The number of carboxylic acid groups (broad SMARTS) is 1. The predicted octanol–water partition coefficient (Wildman–Crippen LogP) is 1.69. The highest BCUT2D eigenvalue weighted by atomic mass is 32.2. The van der Waals surface area contributed by atoms with Gasteiger partial charge in [0.2, 0.25) is 10.0 Å². The van der Waals surface area contributed by atoms with Gasteiger partial charge < -0.3 is 5.11 Å². The maximum atomic E-state index is 12.0. The first-order valence-corrected chi connectivity index (χ1v) is 8.22. The molecule has 0 bridgehead atoms. The number of thiazole rings is 1. The van der Waals surface area contributed by atoms with Gasteiger partial charge in [0.25, 0.3) is 5.69 Å². The summed E-state index contributed by atoms with van der Waals surface area (Å²) in [6.45, 7) is 0. The van der Waals surface area contributed by atoms with Gasteiger partial charge in [0.05, 0.1) is 16.2 Å². The second-order valence-electron chi connectivity index (χ2n) is 4.12. The fourth-order valence-corrected chi connectivity index (χ4v) is 3.75. The number of carboxylic acids is 1. The average Bonchev–Trinajstić information content (AvgIpc) is 2.86. The molecule has 11 heteroatoms. The Kier molecular flexibility index (Phi) is 4.37. The van der Waals surface area contributed by atoms with Crippen LogP contribution in [0.15, 0.2) is 29.8 Å². The zero-order valence-electron chi connectivity index (χ0n) is 10.8. The fourth-order valence-electron chi connectivity index (χ4n) is 1.58. The van der Waals surface area contributed by atoms with E-state index in [0.717, 1.165) is 11.3 Å². The van der Waals surface area contributed by atoms with Crippen molar-refractivity contribution in [1.29, 1.82) is 0 Å². The van der Waals surface area contributed by atoms with Crippen molar-refractivity contribution in [2.75, 3.05) is 4.72 Å². The minimum absolute atomic E-state index is 0.0885. The molecule has 0 aliphatic heterocycles. The number of sulfonamides is 1. The minimum Gasteiger partial charge on any atom is -0.476 e. The van der Waals surface area contributed by atoms with Crippen molar-refractivity contribution >= 4 is 38.0 Å². The molecule has 0 fully saturated rings. The topological polar surface area (TPSA) is 140 Å². The van der Waals surface area contributed by atoms with Crippen LogP contribution in [0.25, 0.3) is 0 Å². The highest BCUT2D eigenvalue weighted by Gasteiger charge is 2.20. The monoisotopic (exact) mass is 343 g/mol. The molecule has 0 amide bonds. The molecule has 0 saturated carbocycles. The van der Waals surface area contributed by atoms with Crippen molar-refractivity contribution in [2.24, 2.45) is 0 Å². The van der Waals surface area contributed by atoms with Crippen molar-refractivity contribution < 1.29 is 23.2 Å². The quantitative estimate of drug-likeness (QED) is 0.601. The smallest absolute Gasteiger partial charge is 0.357 e. The Balaban J connectivity index is 2.15. The predicted molar refractivity (Wildman–Crippen MR) is 78.4 cm³/mol. The second kappa shape index (κ2) is 6.07. The molecule has 0 aliphatic carbocycles. The van der Waals surface area contributed by atoms with Gasteiger partial charge in [-0.1, -0.05) is 12.1 Å². The van der Waals surface area contributed by atoms with Gasteiger partial charge in [0.1, 0.15) is 5.00 Å². The molecule has 2 aromatic rings. The Hall–Kier alpha value is -2.53. The van der Waals surface area contributed by atoms with E-state index in [1.54, 1.807) is 0 Å². The van der Waals surface area contributed by atoms with Gasteiger partial charge in [-0.2, -0.15) is 0 Å². The Labute approximate surface area is 128 Å². The summed E-state index contributed by atoms with van der Waals surface area (Å²) in [7, 11) is -3.86. The molecule has 9 nitrogen and oxygen atoms in total. The summed E-state index contributed by atoms with van der Waals surface area (Å²) in [4.78, 5) is 24.4. The van der Waals surface area contributed by atoms with Crippen LogP contribution in [-0.2, 0) is 15.8 Å². The van der Waals surface area contributed by atoms with Gasteiger partial charge >= 0.3 is 5.97 Å². The molecule has 0 unspecified atom stereocenters. The first-order valence-electron chi connectivity index (χ1n) is 5.69. The molecule has 0 radical (unpaired) electrons. The van der Waals surface area contributed by atoms with Crippen molar-refractivity contribution in [3.05, 3.63) is 51.1 Å². The van der Waals surface area contributed by atoms with E-state index in [0.29, 0.717) is 5.56 Å². The maximum absolute atomic E-state index is 12.0. The highest BCUT2D eigenvalue weighted by molar-refractivity contribution is 7.92. The molecule has 116 valence electrons. The highest BCUT2D eigenvalue weighted by Crippen LogP contribution is 2.23. The van der Waals surface area contributed by atoms with E-state index in [2.05, 4.69) is 9.71 Å². The normalized spacial score (nSPS) is 11.1.